The zero-order chi connectivity index (χ0) is 13.1. The van der Waals surface area contributed by atoms with E-state index >= 15 is 0 Å². The van der Waals surface area contributed by atoms with Gasteiger partial charge in [0.2, 0.25) is 0 Å². The SMILES string of the molecule is Cc1nnsc1C(=O)Nc1ccccc1[N+](=O)[O-]. The van der Waals surface area contributed by atoms with Crippen LogP contribution in [0.25, 0.3) is 0 Å². The van der Waals surface area contributed by atoms with Gasteiger partial charge in [0.25, 0.3) is 11.6 Å². The second-order valence-electron chi connectivity index (χ2n) is 3.42. The number of nitrogens with zero attached hydrogens (tertiary/aromatic N) is 3. The number of aryl methyl sites for hydroxylation is 1. The first kappa shape index (κ1) is 12.1. The molecule has 0 saturated heterocycles. The lowest BCUT2D eigenvalue weighted by Crippen LogP contribution is -2.12. The third kappa shape index (κ3) is 2.33. The number of anilines is 1. The fraction of sp³-hybridized carbons (Fsp3) is 0.100. The monoisotopic (exact) mass is 264 g/mol. The molecule has 8 heteroatoms. The molecule has 1 aromatic carbocycles. The van der Waals surface area contributed by atoms with Crippen LogP contribution in [-0.4, -0.2) is 20.4 Å². The van der Waals surface area contributed by atoms with E-state index in [0.29, 0.717) is 10.6 Å². The number of rotatable bonds is 3. The number of para-hydroxylation sites is 2. The molecule has 2 aromatic rings. The van der Waals surface area contributed by atoms with Gasteiger partial charge in [-0.2, -0.15) is 0 Å². The summed E-state index contributed by atoms with van der Waals surface area (Å²) < 4.78 is 3.64. The molecule has 2 rings (SSSR count). The van der Waals surface area contributed by atoms with Crippen LogP contribution >= 0.6 is 11.5 Å². The molecule has 18 heavy (non-hydrogen) atoms. The summed E-state index contributed by atoms with van der Waals surface area (Å²) in [6, 6.07) is 5.95. The fourth-order valence-electron chi connectivity index (χ4n) is 1.36. The van der Waals surface area contributed by atoms with Crippen molar-refractivity contribution < 1.29 is 9.72 Å². The second-order valence-corrected chi connectivity index (χ2v) is 4.17. The van der Waals surface area contributed by atoms with Crippen molar-refractivity contribution in [2.24, 2.45) is 0 Å². The molecule has 0 aliphatic carbocycles. The maximum atomic E-state index is 11.9. The molecule has 0 saturated carbocycles. The maximum absolute atomic E-state index is 11.9. The number of hydrogen-bond donors (Lipinski definition) is 1. The van der Waals surface area contributed by atoms with Gasteiger partial charge in [-0.3, -0.25) is 14.9 Å². The molecule has 0 radical (unpaired) electrons. The van der Waals surface area contributed by atoms with Crippen molar-refractivity contribution in [2.75, 3.05) is 5.32 Å². The van der Waals surface area contributed by atoms with Crippen molar-refractivity contribution in [1.29, 1.82) is 0 Å². The third-order valence-electron chi connectivity index (χ3n) is 2.21. The molecule has 0 spiro atoms. The molecule has 0 unspecified atom stereocenters. The summed E-state index contributed by atoms with van der Waals surface area (Å²) >= 11 is 0.948. The minimum Gasteiger partial charge on any atom is -0.315 e. The lowest BCUT2D eigenvalue weighted by Gasteiger charge is -2.04. The molecule has 1 heterocycles. The summed E-state index contributed by atoms with van der Waals surface area (Å²) in [5.74, 6) is -0.447. The van der Waals surface area contributed by atoms with Gasteiger partial charge in [0.15, 0.2) is 0 Å². The smallest absolute Gasteiger partial charge is 0.292 e. The number of hydrogen-bond acceptors (Lipinski definition) is 6. The van der Waals surface area contributed by atoms with Gasteiger partial charge in [0, 0.05) is 6.07 Å². The van der Waals surface area contributed by atoms with Crippen LogP contribution in [0.5, 0.6) is 0 Å². The van der Waals surface area contributed by atoms with Gasteiger partial charge in [-0.05, 0) is 24.5 Å². The molecule has 0 atom stereocenters. The quantitative estimate of drug-likeness (QED) is 0.675. The van der Waals surface area contributed by atoms with Crippen molar-refractivity contribution in [2.45, 2.75) is 6.92 Å². The average Bonchev–Trinajstić information content (AvgIpc) is 2.76. The molecule has 1 amide bonds. The van der Waals surface area contributed by atoms with Gasteiger partial charge < -0.3 is 5.32 Å². The Kier molecular flexibility index (Phi) is 3.28. The Morgan fingerprint density at radius 1 is 1.44 bits per heavy atom. The Morgan fingerprint density at radius 2 is 2.17 bits per heavy atom. The van der Waals surface area contributed by atoms with Gasteiger partial charge in [-0.15, -0.1) is 5.10 Å². The number of aromatic nitrogens is 2. The van der Waals surface area contributed by atoms with Crippen LogP contribution in [0.3, 0.4) is 0 Å². The molecule has 0 aliphatic heterocycles. The highest BCUT2D eigenvalue weighted by Crippen LogP contribution is 2.24. The topological polar surface area (TPSA) is 98.0 Å². The van der Waals surface area contributed by atoms with Gasteiger partial charge in [-0.1, -0.05) is 16.6 Å². The van der Waals surface area contributed by atoms with Gasteiger partial charge in [-0.25, -0.2) is 0 Å². The zero-order valence-corrected chi connectivity index (χ0v) is 10.1. The third-order valence-corrected chi connectivity index (χ3v) is 3.03. The Balaban J connectivity index is 2.28. The standard InChI is InChI=1S/C10H8N4O3S/c1-6-9(18-13-12-6)10(15)11-7-4-2-3-5-8(7)14(16)17/h2-5H,1H3,(H,11,15). The summed E-state index contributed by atoms with van der Waals surface area (Å²) in [7, 11) is 0. The minimum atomic E-state index is -0.548. The number of amides is 1. The van der Waals surface area contributed by atoms with E-state index in [1.165, 1.54) is 18.2 Å². The van der Waals surface area contributed by atoms with Crippen LogP contribution < -0.4 is 5.32 Å². The fourth-order valence-corrected chi connectivity index (χ4v) is 1.91. The maximum Gasteiger partial charge on any atom is 0.292 e. The molecular formula is C10H8N4O3S. The number of carbonyl (C=O) groups excluding carboxylic acids is 1. The second kappa shape index (κ2) is 4.88. The van der Waals surface area contributed by atoms with Crippen molar-refractivity contribution >= 4 is 28.8 Å². The van der Waals surface area contributed by atoms with E-state index in [-0.39, 0.29) is 11.4 Å². The van der Waals surface area contributed by atoms with Crippen LogP contribution in [-0.2, 0) is 0 Å². The Morgan fingerprint density at radius 3 is 2.78 bits per heavy atom. The molecule has 0 bridgehead atoms. The van der Waals surface area contributed by atoms with Crippen molar-refractivity contribution in [3.8, 4) is 0 Å². The highest BCUT2D eigenvalue weighted by Gasteiger charge is 2.18. The zero-order valence-electron chi connectivity index (χ0n) is 9.28. The molecule has 0 aliphatic rings. The summed E-state index contributed by atoms with van der Waals surface area (Å²) in [6.45, 7) is 1.65. The lowest BCUT2D eigenvalue weighted by atomic mass is 10.2. The summed E-state index contributed by atoms with van der Waals surface area (Å²) in [4.78, 5) is 22.4. The number of nitro groups is 1. The molecule has 1 aromatic heterocycles. The van der Waals surface area contributed by atoms with Gasteiger partial charge in [0.05, 0.1) is 10.6 Å². The molecule has 0 fully saturated rings. The van der Waals surface area contributed by atoms with Crippen LogP contribution in [0.15, 0.2) is 24.3 Å². The largest absolute Gasteiger partial charge is 0.315 e. The van der Waals surface area contributed by atoms with Gasteiger partial charge in [0.1, 0.15) is 10.6 Å². The van der Waals surface area contributed by atoms with Crippen LogP contribution in [0.2, 0.25) is 0 Å². The first-order valence-electron chi connectivity index (χ1n) is 4.93. The van der Waals surface area contributed by atoms with Crippen molar-refractivity contribution in [3.63, 3.8) is 0 Å². The van der Waals surface area contributed by atoms with E-state index < -0.39 is 10.8 Å². The Hall–Kier alpha value is -2.35. The predicted octanol–water partition coefficient (Wildman–Crippen LogP) is 2.01. The summed E-state index contributed by atoms with van der Waals surface area (Å²) in [5.41, 5.74) is 0.498. The van der Waals surface area contributed by atoms with E-state index in [1.54, 1.807) is 13.0 Å². The van der Waals surface area contributed by atoms with E-state index in [0.717, 1.165) is 11.5 Å². The normalized spacial score (nSPS) is 10.1. The predicted molar refractivity (Wildman–Crippen MR) is 65.7 cm³/mol. The van der Waals surface area contributed by atoms with E-state index in [1.807, 2.05) is 0 Å². The van der Waals surface area contributed by atoms with E-state index in [4.69, 9.17) is 0 Å². The highest BCUT2D eigenvalue weighted by atomic mass is 32.1. The molecular weight excluding hydrogens is 256 g/mol. The van der Waals surface area contributed by atoms with Crippen molar-refractivity contribution in [3.05, 3.63) is 45.0 Å². The minimum absolute atomic E-state index is 0.152. The Bertz CT molecular complexity index is 611. The van der Waals surface area contributed by atoms with E-state index in [9.17, 15) is 14.9 Å². The van der Waals surface area contributed by atoms with Crippen LogP contribution in [0.4, 0.5) is 11.4 Å². The van der Waals surface area contributed by atoms with Gasteiger partial charge >= 0.3 is 0 Å². The van der Waals surface area contributed by atoms with Crippen LogP contribution in [0.1, 0.15) is 15.4 Å². The number of nitro benzene ring substituents is 1. The molecule has 92 valence electrons. The molecule has 7 nitrogen and oxygen atoms in total. The molecule has 1 N–H and O–H groups in total. The van der Waals surface area contributed by atoms with Crippen LogP contribution in [0, 0.1) is 17.0 Å². The Labute approximate surface area is 106 Å². The highest BCUT2D eigenvalue weighted by molar-refractivity contribution is 7.08. The van der Waals surface area contributed by atoms with E-state index in [2.05, 4.69) is 14.9 Å². The summed E-state index contributed by atoms with van der Waals surface area (Å²) in [5, 5.41) is 17.0. The van der Waals surface area contributed by atoms with Crippen molar-refractivity contribution in [1.82, 2.24) is 9.59 Å². The number of nitrogens with one attached hydrogen (secondary N) is 1. The average molecular weight is 264 g/mol. The first-order valence-corrected chi connectivity index (χ1v) is 5.70. The lowest BCUT2D eigenvalue weighted by molar-refractivity contribution is -0.383. The first-order chi connectivity index (χ1) is 8.59. The number of carbonyl (C=O) groups is 1. The summed E-state index contributed by atoms with van der Waals surface area (Å²) in [6.07, 6.45) is 0. The number of benzene rings is 1.